The Labute approximate surface area is 120 Å². The largest absolute Gasteiger partial charge is 0.368 e. The maximum Gasteiger partial charge on any atom is 0.269 e. The summed E-state index contributed by atoms with van der Waals surface area (Å²) >= 11 is 0. The maximum atomic E-state index is 12.1. The molecule has 1 heterocycles. The lowest BCUT2D eigenvalue weighted by atomic mass is 10.1. The summed E-state index contributed by atoms with van der Waals surface area (Å²) in [6.45, 7) is 1.51. The van der Waals surface area contributed by atoms with Crippen LogP contribution in [0.4, 0.5) is 11.6 Å². The number of nitrogens with zero attached hydrogens (tertiary/aromatic N) is 3. The first-order valence-electron chi connectivity index (χ1n) is 5.95. The van der Waals surface area contributed by atoms with Gasteiger partial charge in [-0.25, -0.2) is 18.4 Å². The van der Waals surface area contributed by atoms with Crippen molar-refractivity contribution in [1.29, 1.82) is 0 Å². The molecule has 0 radical (unpaired) electrons. The summed E-state index contributed by atoms with van der Waals surface area (Å²) in [5, 5.41) is 10.6. The minimum atomic E-state index is -3.53. The molecule has 0 saturated heterocycles. The minimum absolute atomic E-state index is 0.0481. The average molecular weight is 308 g/mol. The van der Waals surface area contributed by atoms with Crippen molar-refractivity contribution in [2.45, 2.75) is 11.8 Å². The molecule has 0 aliphatic carbocycles. The lowest BCUT2D eigenvalue weighted by Crippen LogP contribution is -2.09. The Kier molecular flexibility index (Phi) is 3.85. The van der Waals surface area contributed by atoms with Gasteiger partial charge in [0.2, 0.25) is 5.95 Å². The first-order chi connectivity index (χ1) is 9.85. The average Bonchev–Trinajstić information content (AvgIpc) is 2.47. The Morgan fingerprint density at radius 2 is 1.90 bits per heavy atom. The lowest BCUT2D eigenvalue weighted by molar-refractivity contribution is -0.384. The summed E-state index contributed by atoms with van der Waals surface area (Å²) in [6, 6.07) is 5.40. The molecule has 9 heteroatoms. The van der Waals surface area contributed by atoms with E-state index < -0.39 is 14.8 Å². The normalized spacial score (nSPS) is 11.3. The van der Waals surface area contributed by atoms with E-state index in [0.29, 0.717) is 5.56 Å². The van der Waals surface area contributed by atoms with Gasteiger partial charge in [-0.2, -0.15) is 0 Å². The number of benzene rings is 1. The van der Waals surface area contributed by atoms with E-state index in [-0.39, 0.29) is 28.0 Å². The number of nitro groups is 1. The Hall–Kier alpha value is -2.55. The zero-order valence-electron chi connectivity index (χ0n) is 11.1. The van der Waals surface area contributed by atoms with Crippen LogP contribution in [-0.4, -0.2) is 29.1 Å². The molecule has 110 valence electrons. The zero-order chi connectivity index (χ0) is 15.6. The Bertz CT molecular complexity index is 787. The van der Waals surface area contributed by atoms with Crippen molar-refractivity contribution in [2.75, 3.05) is 11.5 Å². The molecular weight excluding hydrogens is 296 g/mol. The highest BCUT2D eigenvalue weighted by Crippen LogP contribution is 2.27. The van der Waals surface area contributed by atoms with Crippen LogP contribution in [0.25, 0.3) is 11.3 Å². The molecule has 2 aromatic rings. The number of hydrogen-bond acceptors (Lipinski definition) is 7. The van der Waals surface area contributed by atoms with Crippen LogP contribution in [0.3, 0.4) is 0 Å². The third kappa shape index (κ3) is 2.97. The van der Waals surface area contributed by atoms with Gasteiger partial charge in [-0.3, -0.25) is 10.1 Å². The smallest absolute Gasteiger partial charge is 0.269 e. The zero-order valence-corrected chi connectivity index (χ0v) is 11.9. The summed E-state index contributed by atoms with van der Waals surface area (Å²) in [6.07, 6.45) is 1.15. The van der Waals surface area contributed by atoms with E-state index in [2.05, 4.69) is 9.97 Å². The van der Waals surface area contributed by atoms with Crippen molar-refractivity contribution >= 4 is 21.5 Å². The molecular formula is C12H12N4O4S. The molecule has 0 fully saturated rings. The van der Waals surface area contributed by atoms with E-state index in [4.69, 9.17) is 5.73 Å². The van der Waals surface area contributed by atoms with Crippen LogP contribution in [0, 0.1) is 10.1 Å². The number of non-ortho nitro benzene ring substituents is 1. The van der Waals surface area contributed by atoms with E-state index in [9.17, 15) is 18.5 Å². The third-order valence-corrected chi connectivity index (χ3v) is 4.57. The molecule has 1 aromatic heterocycles. The van der Waals surface area contributed by atoms with Gasteiger partial charge in [0.25, 0.3) is 5.69 Å². The second-order valence-corrected chi connectivity index (χ2v) is 6.40. The van der Waals surface area contributed by atoms with Crippen LogP contribution >= 0.6 is 0 Å². The van der Waals surface area contributed by atoms with Crippen LogP contribution < -0.4 is 5.73 Å². The highest BCUT2D eigenvalue weighted by Gasteiger charge is 2.20. The van der Waals surface area contributed by atoms with Crippen molar-refractivity contribution in [1.82, 2.24) is 9.97 Å². The first kappa shape index (κ1) is 14.9. The number of rotatable bonds is 4. The van der Waals surface area contributed by atoms with E-state index in [1.807, 2.05) is 0 Å². The van der Waals surface area contributed by atoms with Gasteiger partial charge in [-0.1, -0.05) is 6.92 Å². The number of aromatic nitrogens is 2. The van der Waals surface area contributed by atoms with Crippen LogP contribution in [0.15, 0.2) is 35.4 Å². The minimum Gasteiger partial charge on any atom is -0.368 e. The quantitative estimate of drug-likeness (QED) is 0.668. The van der Waals surface area contributed by atoms with Gasteiger partial charge in [-0.05, 0) is 12.1 Å². The van der Waals surface area contributed by atoms with Gasteiger partial charge >= 0.3 is 0 Å². The van der Waals surface area contributed by atoms with E-state index in [1.165, 1.54) is 31.2 Å². The van der Waals surface area contributed by atoms with Gasteiger partial charge in [-0.15, -0.1) is 0 Å². The molecule has 0 atom stereocenters. The molecule has 0 spiro atoms. The fourth-order valence-electron chi connectivity index (χ4n) is 1.72. The van der Waals surface area contributed by atoms with Crippen LogP contribution in [0.1, 0.15) is 6.92 Å². The van der Waals surface area contributed by atoms with Crippen molar-refractivity contribution in [3.05, 3.63) is 40.6 Å². The highest BCUT2D eigenvalue weighted by molar-refractivity contribution is 7.91. The molecule has 0 aliphatic rings. The standard InChI is InChI=1S/C12H12N4O4S/c1-2-21(19,20)10-7-14-12(13)15-11(10)8-3-5-9(6-4-8)16(17)18/h3-7H,2H2,1H3,(H2,13,14,15). The van der Waals surface area contributed by atoms with Crippen molar-refractivity contribution < 1.29 is 13.3 Å². The van der Waals surface area contributed by atoms with Crippen molar-refractivity contribution in [3.8, 4) is 11.3 Å². The van der Waals surface area contributed by atoms with Gasteiger partial charge < -0.3 is 5.73 Å². The molecule has 2 rings (SSSR count). The van der Waals surface area contributed by atoms with Crippen LogP contribution in [0.2, 0.25) is 0 Å². The van der Waals surface area contributed by atoms with Gasteiger partial charge in [0.15, 0.2) is 9.84 Å². The topological polar surface area (TPSA) is 129 Å². The molecule has 0 unspecified atom stereocenters. The number of hydrogen-bond donors (Lipinski definition) is 1. The number of nitrogens with two attached hydrogens (primary N) is 1. The van der Waals surface area contributed by atoms with E-state index in [0.717, 1.165) is 6.20 Å². The molecule has 0 aliphatic heterocycles. The molecule has 0 bridgehead atoms. The molecule has 1 aromatic carbocycles. The number of nitro benzene ring substituents is 1. The number of anilines is 1. The predicted octanol–water partition coefficient (Wildman–Crippen LogP) is 1.43. The van der Waals surface area contributed by atoms with E-state index in [1.54, 1.807) is 0 Å². The summed E-state index contributed by atoms with van der Waals surface area (Å²) < 4.78 is 24.1. The summed E-state index contributed by atoms with van der Waals surface area (Å²) in [7, 11) is -3.53. The SMILES string of the molecule is CCS(=O)(=O)c1cnc(N)nc1-c1ccc([N+](=O)[O-])cc1. The monoisotopic (exact) mass is 308 g/mol. The second-order valence-electron chi connectivity index (χ2n) is 4.15. The molecule has 21 heavy (non-hydrogen) atoms. The molecule has 2 N–H and O–H groups in total. The second kappa shape index (κ2) is 5.44. The first-order valence-corrected chi connectivity index (χ1v) is 7.60. The Morgan fingerprint density at radius 1 is 1.29 bits per heavy atom. The summed E-state index contributed by atoms with van der Waals surface area (Å²) in [5.41, 5.74) is 5.96. The van der Waals surface area contributed by atoms with Gasteiger partial charge in [0.1, 0.15) is 4.90 Å². The lowest BCUT2D eigenvalue weighted by Gasteiger charge is -2.08. The van der Waals surface area contributed by atoms with Crippen molar-refractivity contribution in [2.24, 2.45) is 0 Å². The summed E-state index contributed by atoms with van der Waals surface area (Å²) in [4.78, 5) is 17.7. The van der Waals surface area contributed by atoms with Crippen LogP contribution in [-0.2, 0) is 9.84 Å². The summed E-state index contributed by atoms with van der Waals surface area (Å²) in [5.74, 6) is -0.182. The molecule has 0 saturated carbocycles. The van der Waals surface area contributed by atoms with E-state index >= 15 is 0 Å². The molecule has 8 nitrogen and oxygen atoms in total. The maximum absolute atomic E-state index is 12.1. The molecule has 0 amide bonds. The predicted molar refractivity (Wildman–Crippen MR) is 76.3 cm³/mol. The number of sulfone groups is 1. The Morgan fingerprint density at radius 3 is 2.43 bits per heavy atom. The highest BCUT2D eigenvalue weighted by atomic mass is 32.2. The van der Waals surface area contributed by atoms with Gasteiger partial charge in [0.05, 0.1) is 22.6 Å². The van der Waals surface area contributed by atoms with Gasteiger partial charge in [0, 0.05) is 17.7 Å². The Balaban J connectivity index is 2.62. The van der Waals surface area contributed by atoms with Crippen LogP contribution in [0.5, 0.6) is 0 Å². The fraction of sp³-hybridized carbons (Fsp3) is 0.167. The third-order valence-electron chi connectivity index (χ3n) is 2.84. The number of nitrogen functional groups attached to an aromatic ring is 1. The van der Waals surface area contributed by atoms with Crippen molar-refractivity contribution in [3.63, 3.8) is 0 Å². The fourth-order valence-corrected chi connectivity index (χ4v) is 2.70.